The van der Waals surface area contributed by atoms with Gasteiger partial charge in [0.05, 0.1) is 12.2 Å². The van der Waals surface area contributed by atoms with Crippen LogP contribution in [-0.4, -0.2) is 61.2 Å². The van der Waals surface area contributed by atoms with Crippen LogP contribution >= 0.6 is 0 Å². The summed E-state index contributed by atoms with van der Waals surface area (Å²) in [6.07, 6.45) is 2.39. The molecule has 0 aromatic heterocycles. The lowest BCUT2D eigenvalue weighted by molar-refractivity contribution is -0.190. The van der Waals surface area contributed by atoms with Crippen molar-refractivity contribution in [2.45, 2.75) is 18.6 Å². The van der Waals surface area contributed by atoms with Crippen molar-refractivity contribution in [3.8, 4) is 5.75 Å². The van der Waals surface area contributed by atoms with Crippen LogP contribution in [0, 0.1) is 5.92 Å². The molecule has 1 atom stereocenters. The minimum absolute atomic E-state index is 0.288. The summed E-state index contributed by atoms with van der Waals surface area (Å²) in [5, 5.41) is 7.97. The van der Waals surface area contributed by atoms with Crippen molar-refractivity contribution >= 4 is 11.5 Å². The van der Waals surface area contributed by atoms with E-state index in [0.29, 0.717) is 12.5 Å². The number of benzene rings is 1. The van der Waals surface area contributed by atoms with Gasteiger partial charge in [-0.05, 0) is 38.1 Å². The van der Waals surface area contributed by atoms with Crippen molar-refractivity contribution in [1.82, 2.24) is 9.80 Å². The van der Waals surface area contributed by atoms with E-state index < -0.39 is 0 Å². The Morgan fingerprint density at radius 2 is 2.17 bits per heavy atom. The number of likely N-dealkylation sites (N-methyl/N-ethyl adjacent to an activating group) is 1. The van der Waals surface area contributed by atoms with E-state index in [9.17, 15) is 0 Å². The molecule has 1 unspecified atom stereocenters. The van der Waals surface area contributed by atoms with E-state index in [2.05, 4.69) is 33.4 Å². The third-order valence-electron chi connectivity index (χ3n) is 5.78. The molecule has 0 amide bonds. The molecular formula is C17H22N4O2. The first kappa shape index (κ1) is 13.5. The van der Waals surface area contributed by atoms with Gasteiger partial charge in [-0.1, -0.05) is 11.2 Å². The van der Waals surface area contributed by atoms with E-state index in [1.54, 1.807) is 0 Å². The molecule has 2 bridgehead atoms. The zero-order valence-electron chi connectivity index (χ0n) is 13.4. The minimum atomic E-state index is -0.288. The zero-order valence-corrected chi connectivity index (χ0v) is 13.4. The predicted octanol–water partition coefficient (Wildman–Crippen LogP) is 1.54. The molecule has 5 heterocycles. The number of piperidine rings is 3. The third kappa shape index (κ3) is 1.81. The number of ether oxygens (including phenoxy) is 1. The highest BCUT2D eigenvalue weighted by Crippen LogP contribution is 2.44. The topological polar surface area (TPSA) is 49.3 Å². The Balaban J connectivity index is 1.51. The second-order valence-corrected chi connectivity index (χ2v) is 6.91. The summed E-state index contributed by atoms with van der Waals surface area (Å²) in [5.74, 6) is 2.37. The second-order valence-electron chi connectivity index (χ2n) is 6.91. The number of rotatable bonds is 1. The Bertz CT molecular complexity index is 669. The lowest BCUT2D eigenvalue weighted by Gasteiger charge is -2.52. The first-order valence-corrected chi connectivity index (χ1v) is 8.50. The van der Waals surface area contributed by atoms with E-state index in [4.69, 9.17) is 9.57 Å². The number of hydrogen-bond donors (Lipinski definition) is 1. The molecule has 1 N–H and O–H groups in total. The largest absolute Gasteiger partial charge is 0.490 e. The van der Waals surface area contributed by atoms with Crippen molar-refractivity contribution < 1.29 is 9.57 Å². The van der Waals surface area contributed by atoms with Crippen LogP contribution < -0.4 is 10.1 Å². The van der Waals surface area contributed by atoms with Crippen LogP contribution in [0.25, 0.3) is 0 Å². The average molecular weight is 314 g/mol. The van der Waals surface area contributed by atoms with Crippen LogP contribution in [0.5, 0.6) is 5.75 Å². The quantitative estimate of drug-likeness (QED) is 0.852. The van der Waals surface area contributed by atoms with Crippen molar-refractivity contribution in [1.29, 1.82) is 0 Å². The number of nitrogens with one attached hydrogen (secondary N) is 1. The van der Waals surface area contributed by atoms with Crippen LogP contribution in [-0.2, 0) is 4.84 Å². The van der Waals surface area contributed by atoms with Crippen LogP contribution in [0.3, 0.4) is 0 Å². The molecule has 6 rings (SSSR count). The minimum Gasteiger partial charge on any atom is -0.490 e. The lowest BCUT2D eigenvalue weighted by atomic mass is 9.80. The molecule has 1 aromatic rings. The molecule has 6 nitrogen and oxygen atoms in total. The highest BCUT2D eigenvalue weighted by Gasteiger charge is 2.56. The van der Waals surface area contributed by atoms with Crippen molar-refractivity contribution in [3.05, 3.63) is 23.8 Å². The summed E-state index contributed by atoms with van der Waals surface area (Å²) in [6, 6.07) is 6.13. The molecule has 0 saturated carbocycles. The Hall–Kier alpha value is -1.95. The standard InChI is InChI=1S/C17H22N4O2/c1-20-16(13-3-2-4-14-15(13)18-7-10-22-14)19-23-17(20)11-21-8-5-12(17)6-9-21/h2-4,12,18H,5-11H2,1H3. The molecular weight excluding hydrogens is 292 g/mol. The summed E-state index contributed by atoms with van der Waals surface area (Å²) < 4.78 is 5.76. The number of nitrogens with zero attached hydrogens (tertiary/aromatic N) is 3. The fourth-order valence-corrected chi connectivity index (χ4v) is 4.49. The van der Waals surface area contributed by atoms with Gasteiger partial charge in [-0.2, -0.15) is 0 Å². The SMILES string of the molecule is CN1C(c2cccc3c2NCCO3)=NOC12CN1CCC2CC1. The van der Waals surface area contributed by atoms with E-state index in [0.717, 1.165) is 35.9 Å². The molecule has 23 heavy (non-hydrogen) atoms. The third-order valence-corrected chi connectivity index (χ3v) is 5.78. The number of fused-ring (bicyclic) bond motifs is 3. The highest BCUT2D eigenvalue weighted by atomic mass is 16.7. The molecule has 1 spiro atoms. The lowest BCUT2D eigenvalue weighted by Crippen LogP contribution is -2.65. The van der Waals surface area contributed by atoms with Gasteiger partial charge in [-0.25, -0.2) is 0 Å². The molecule has 122 valence electrons. The molecule has 1 aromatic carbocycles. The Labute approximate surface area is 136 Å². The molecule has 5 aliphatic rings. The van der Waals surface area contributed by atoms with Gasteiger partial charge in [0.1, 0.15) is 12.4 Å². The van der Waals surface area contributed by atoms with Gasteiger partial charge in [-0.15, -0.1) is 0 Å². The van der Waals surface area contributed by atoms with Crippen LogP contribution in [0.2, 0.25) is 0 Å². The normalized spacial score (nSPS) is 34.5. The Morgan fingerprint density at radius 1 is 1.30 bits per heavy atom. The first-order valence-electron chi connectivity index (χ1n) is 8.50. The number of para-hydroxylation sites is 1. The van der Waals surface area contributed by atoms with Gasteiger partial charge in [0.15, 0.2) is 5.84 Å². The van der Waals surface area contributed by atoms with Gasteiger partial charge >= 0.3 is 0 Å². The molecule has 6 heteroatoms. The molecule has 0 radical (unpaired) electrons. The van der Waals surface area contributed by atoms with Crippen molar-refractivity contribution in [2.24, 2.45) is 11.1 Å². The first-order chi connectivity index (χ1) is 11.3. The maximum atomic E-state index is 6.09. The van der Waals surface area contributed by atoms with Crippen LogP contribution in [0.4, 0.5) is 5.69 Å². The van der Waals surface area contributed by atoms with Gasteiger partial charge in [0, 0.05) is 25.1 Å². The summed E-state index contributed by atoms with van der Waals surface area (Å²) in [4.78, 5) is 10.8. The smallest absolute Gasteiger partial charge is 0.226 e. The fourth-order valence-electron chi connectivity index (χ4n) is 4.49. The van der Waals surface area contributed by atoms with Gasteiger partial charge in [-0.3, -0.25) is 4.90 Å². The van der Waals surface area contributed by atoms with Gasteiger partial charge < -0.3 is 19.8 Å². The molecule has 3 fully saturated rings. The van der Waals surface area contributed by atoms with E-state index in [1.165, 1.54) is 25.9 Å². The maximum Gasteiger partial charge on any atom is 0.226 e. The van der Waals surface area contributed by atoms with Crippen molar-refractivity contribution in [2.75, 3.05) is 45.2 Å². The summed E-state index contributed by atoms with van der Waals surface area (Å²) in [5.41, 5.74) is 1.81. The number of anilines is 1. The maximum absolute atomic E-state index is 6.09. The Morgan fingerprint density at radius 3 is 2.96 bits per heavy atom. The molecule has 5 aliphatic heterocycles. The number of hydrogen-bond acceptors (Lipinski definition) is 6. The summed E-state index contributed by atoms with van der Waals surface area (Å²) in [6.45, 7) is 4.85. The van der Waals surface area contributed by atoms with Crippen LogP contribution in [0.1, 0.15) is 18.4 Å². The number of amidine groups is 1. The van der Waals surface area contributed by atoms with Crippen LogP contribution in [0.15, 0.2) is 23.4 Å². The summed E-state index contributed by atoms with van der Waals surface area (Å²) >= 11 is 0. The predicted molar refractivity (Wildman–Crippen MR) is 87.7 cm³/mol. The van der Waals surface area contributed by atoms with Gasteiger partial charge in [0.25, 0.3) is 0 Å². The Kier molecular flexibility index (Phi) is 2.80. The van der Waals surface area contributed by atoms with Gasteiger partial charge in [0.2, 0.25) is 5.72 Å². The highest BCUT2D eigenvalue weighted by molar-refractivity contribution is 6.05. The fraction of sp³-hybridized carbons (Fsp3) is 0.588. The number of oxime groups is 1. The zero-order chi connectivity index (χ0) is 15.4. The summed E-state index contributed by atoms with van der Waals surface area (Å²) in [7, 11) is 2.12. The molecule has 3 saturated heterocycles. The molecule has 0 aliphatic carbocycles. The average Bonchev–Trinajstić information content (AvgIpc) is 2.92. The van der Waals surface area contributed by atoms with E-state index in [1.807, 2.05) is 12.1 Å². The second kappa shape index (κ2) is 4.77. The van der Waals surface area contributed by atoms with E-state index in [-0.39, 0.29) is 5.72 Å². The van der Waals surface area contributed by atoms with E-state index >= 15 is 0 Å². The van der Waals surface area contributed by atoms with Crippen molar-refractivity contribution in [3.63, 3.8) is 0 Å². The monoisotopic (exact) mass is 314 g/mol.